The summed E-state index contributed by atoms with van der Waals surface area (Å²) in [5.74, 6) is -1.90. The van der Waals surface area contributed by atoms with Crippen LogP contribution in [0.25, 0.3) is 0 Å². The second-order valence-corrected chi connectivity index (χ2v) is 7.89. The molecule has 0 aliphatic rings. The molecule has 2 atom stereocenters. The van der Waals surface area contributed by atoms with Crippen LogP contribution in [0.3, 0.4) is 0 Å². The van der Waals surface area contributed by atoms with Crippen LogP contribution in [0.15, 0.2) is 0 Å². The number of aliphatic hydroxyl groups is 2. The maximum Gasteiger partial charge on any atom is 0.329 e. The van der Waals surface area contributed by atoms with E-state index in [1.807, 2.05) is 0 Å². The highest BCUT2D eigenvalue weighted by Gasteiger charge is 2.32. The number of nitrogens with one attached hydrogen (secondary N) is 2. The van der Waals surface area contributed by atoms with Crippen molar-refractivity contribution < 1.29 is 34.1 Å². The number of carbonyl (C=O) groups is 4. The molecule has 0 aromatic rings. The molecule has 0 heterocycles. The zero-order chi connectivity index (χ0) is 21.7. The molecule has 0 saturated heterocycles. The van der Waals surface area contributed by atoms with Gasteiger partial charge in [-0.3, -0.25) is 14.4 Å². The lowest BCUT2D eigenvalue weighted by Crippen LogP contribution is -2.47. The van der Waals surface area contributed by atoms with Crippen LogP contribution in [-0.4, -0.2) is 77.8 Å². The molecule has 0 spiro atoms. The van der Waals surface area contributed by atoms with E-state index in [-0.39, 0.29) is 36.9 Å². The quantitative estimate of drug-likeness (QED) is 0.223. The number of ether oxygens (including phenoxy) is 1. The average molecular weight is 422 g/mol. The second-order valence-electron chi connectivity index (χ2n) is 6.81. The lowest BCUT2D eigenvalue weighted by molar-refractivity contribution is -0.144. The van der Waals surface area contributed by atoms with Gasteiger partial charge in [-0.2, -0.15) is 0 Å². The van der Waals surface area contributed by atoms with Crippen molar-refractivity contribution in [1.82, 2.24) is 10.6 Å². The molecular formula is C17H31N3O7S. The first kappa shape index (κ1) is 26.3. The molecule has 0 aliphatic carbocycles. The SMILES string of the molecule is COC(=O)[C@H](CSC(=O)CCCN)NC(=O)CCNC(=O)[C@H](O)C(C)(C)CO. The van der Waals surface area contributed by atoms with Crippen molar-refractivity contribution in [3.63, 3.8) is 0 Å². The Hall–Kier alpha value is -1.69. The second kappa shape index (κ2) is 13.5. The van der Waals surface area contributed by atoms with Crippen LogP contribution in [-0.2, 0) is 23.9 Å². The van der Waals surface area contributed by atoms with Gasteiger partial charge in [0, 0.05) is 30.6 Å². The number of esters is 1. The summed E-state index contributed by atoms with van der Waals surface area (Å²) in [6.45, 7) is 2.98. The molecule has 2 amide bonds. The molecule has 0 aliphatic heterocycles. The Balaban J connectivity index is 4.47. The van der Waals surface area contributed by atoms with Gasteiger partial charge in [-0.15, -0.1) is 0 Å². The van der Waals surface area contributed by atoms with Crippen LogP contribution in [0.1, 0.15) is 33.1 Å². The van der Waals surface area contributed by atoms with Crippen molar-refractivity contribution in [3.8, 4) is 0 Å². The van der Waals surface area contributed by atoms with Crippen LogP contribution in [0, 0.1) is 5.41 Å². The lowest BCUT2D eigenvalue weighted by atomic mass is 9.87. The molecule has 11 heteroatoms. The minimum Gasteiger partial charge on any atom is -0.467 e. The smallest absolute Gasteiger partial charge is 0.329 e. The lowest BCUT2D eigenvalue weighted by Gasteiger charge is -2.27. The van der Waals surface area contributed by atoms with Gasteiger partial charge in [0.25, 0.3) is 0 Å². The van der Waals surface area contributed by atoms with Gasteiger partial charge in [0.1, 0.15) is 12.1 Å². The van der Waals surface area contributed by atoms with Crippen LogP contribution in [0.2, 0.25) is 0 Å². The first-order chi connectivity index (χ1) is 13.1. The summed E-state index contributed by atoms with van der Waals surface area (Å²) in [5.41, 5.74) is 4.32. The fraction of sp³-hybridized carbons (Fsp3) is 0.765. The highest BCUT2D eigenvalue weighted by molar-refractivity contribution is 8.13. The number of aliphatic hydroxyl groups excluding tert-OH is 2. The van der Waals surface area contributed by atoms with Crippen LogP contribution < -0.4 is 16.4 Å². The molecule has 0 fully saturated rings. The summed E-state index contributed by atoms with van der Waals surface area (Å²) < 4.78 is 4.63. The molecule has 0 unspecified atom stereocenters. The summed E-state index contributed by atoms with van der Waals surface area (Å²) in [6, 6.07) is -1.00. The zero-order valence-corrected chi connectivity index (χ0v) is 17.3. The monoisotopic (exact) mass is 421 g/mol. The number of hydrogen-bond donors (Lipinski definition) is 5. The Kier molecular flexibility index (Phi) is 12.7. The minimum absolute atomic E-state index is 0.0254. The molecule has 0 aromatic carbocycles. The molecule has 0 radical (unpaired) electrons. The van der Waals surface area contributed by atoms with Gasteiger partial charge in [-0.25, -0.2) is 4.79 Å². The minimum atomic E-state index is -1.43. The third-order valence-corrected chi connectivity index (χ3v) is 4.89. The van der Waals surface area contributed by atoms with E-state index in [2.05, 4.69) is 15.4 Å². The number of nitrogens with two attached hydrogens (primary N) is 1. The van der Waals surface area contributed by atoms with E-state index in [0.717, 1.165) is 11.8 Å². The molecule has 0 saturated carbocycles. The third kappa shape index (κ3) is 10.0. The number of hydrogen-bond acceptors (Lipinski definition) is 9. The Morgan fingerprint density at radius 3 is 2.39 bits per heavy atom. The summed E-state index contributed by atoms with van der Waals surface area (Å²) in [4.78, 5) is 47.3. The Labute approximate surface area is 168 Å². The van der Waals surface area contributed by atoms with Crippen LogP contribution in [0.5, 0.6) is 0 Å². The fourth-order valence-electron chi connectivity index (χ4n) is 1.91. The Morgan fingerprint density at radius 2 is 1.86 bits per heavy atom. The number of methoxy groups -OCH3 is 1. The van der Waals surface area contributed by atoms with E-state index in [0.29, 0.717) is 13.0 Å². The molecule has 162 valence electrons. The standard InChI is InChI=1S/C17H31N3O7S/c1-17(2,10-21)14(24)15(25)19-8-6-12(22)20-11(16(26)27-3)9-28-13(23)5-4-7-18/h11,14,21,24H,4-10,18H2,1-3H3,(H,19,25)(H,20,22)/t11-,14-/m0/s1. The highest BCUT2D eigenvalue weighted by atomic mass is 32.2. The van der Waals surface area contributed by atoms with E-state index in [1.54, 1.807) is 0 Å². The predicted octanol–water partition coefficient (Wildman–Crippen LogP) is -1.47. The van der Waals surface area contributed by atoms with Crippen LogP contribution >= 0.6 is 11.8 Å². The molecule has 10 nitrogen and oxygen atoms in total. The van der Waals surface area contributed by atoms with Gasteiger partial charge in [0.05, 0.1) is 13.7 Å². The average Bonchev–Trinajstić information content (AvgIpc) is 2.67. The molecule has 0 bridgehead atoms. The number of amides is 2. The molecule has 28 heavy (non-hydrogen) atoms. The van der Waals surface area contributed by atoms with Crippen molar-refractivity contribution in [2.75, 3.05) is 32.6 Å². The topological polar surface area (TPSA) is 168 Å². The van der Waals surface area contributed by atoms with Crippen molar-refractivity contribution in [3.05, 3.63) is 0 Å². The fourth-order valence-corrected chi connectivity index (χ4v) is 2.77. The Bertz CT molecular complexity index is 543. The first-order valence-electron chi connectivity index (χ1n) is 8.88. The van der Waals surface area contributed by atoms with Gasteiger partial charge in [-0.05, 0) is 13.0 Å². The molecule has 0 rings (SSSR count). The molecular weight excluding hydrogens is 390 g/mol. The maximum absolute atomic E-state index is 12.0. The largest absolute Gasteiger partial charge is 0.467 e. The van der Waals surface area contributed by atoms with Gasteiger partial charge in [0.2, 0.25) is 11.8 Å². The predicted molar refractivity (Wildman–Crippen MR) is 104 cm³/mol. The van der Waals surface area contributed by atoms with Crippen molar-refractivity contribution >= 4 is 34.7 Å². The van der Waals surface area contributed by atoms with E-state index < -0.39 is 35.3 Å². The van der Waals surface area contributed by atoms with Gasteiger partial charge in [-0.1, -0.05) is 25.6 Å². The van der Waals surface area contributed by atoms with Gasteiger partial charge >= 0.3 is 5.97 Å². The number of thioether (sulfide) groups is 1. The first-order valence-corrected chi connectivity index (χ1v) is 9.87. The van der Waals surface area contributed by atoms with Gasteiger partial charge < -0.3 is 31.3 Å². The Morgan fingerprint density at radius 1 is 1.21 bits per heavy atom. The van der Waals surface area contributed by atoms with Gasteiger partial charge in [0.15, 0.2) is 5.12 Å². The summed E-state index contributed by atoms with van der Waals surface area (Å²) in [6.07, 6.45) is -0.752. The molecule has 0 aromatic heterocycles. The maximum atomic E-state index is 12.0. The highest BCUT2D eigenvalue weighted by Crippen LogP contribution is 2.19. The van der Waals surface area contributed by atoms with E-state index in [9.17, 15) is 24.3 Å². The number of rotatable bonds is 13. The summed E-state index contributed by atoms with van der Waals surface area (Å²) in [7, 11) is 1.17. The van der Waals surface area contributed by atoms with Crippen molar-refractivity contribution in [2.45, 2.75) is 45.3 Å². The third-order valence-electron chi connectivity index (χ3n) is 3.86. The van der Waals surface area contributed by atoms with E-state index >= 15 is 0 Å². The van der Waals surface area contributed by atoms with Crippen molar-refractivity contribution in [2.24, 2.45) is 11.1 Å². The van der Waals surface area contributed by atoms with Crippen molar-refractivity contribution in [1.29, 1.82) is 0 Å². The van der Waals surface area contributed by atoms with E-state index in [4.69, 9.17) is 10.8 Å². The van der Waals surface area contributed by atoms with Crippen LogP contribution in [0.4, 0.5) is 0 Å². The normalized spacial score (nSPS) is 13.4. The zero-order valence-electron chi connectivity index (χ0n) is 16.5. The summed E-state index contributed by atoms with van der Waals surface area (Å²) in [5, 5.41) is 23.7. The van der Waals surface area contributed by atoms with E-state index in [1.165, 1.54) is 21.0 Å². The molecule has 6 N–H and O–H groups in total. The number of carbonyl (C=O) groups excluding carboxylic acids is 4. The summed E-state index contributed by atoms with van der Waals surface area (Å²) >= 11 is 0.912.